The van der Waals surface area contributed by atoms with Crippen LogP contribution in [0.15, 0.2) is 28.7 Å². The van der Waals surface area contributed by atoms with Gasteiger partial charge in [0.1, 0.15) is 6.10 Å². The predicted molar refractivity (Wildman–Crippen MR) is 56.0 cm³/mol. The van der Waals surface area contributed by atoms with Crippen molar-refractivity contribution in [3.05, 3.63) is 34.3 Å². The molecule has 0 saturated carbocycles. The number of halogens is 1. The number of hydrogen-bond acceptors (Lipinski definition) is 2. The van der Waals surface area contributed by atoms with Gasteiger partial charge < -0.3 is 9.64 Å². The second-order valence-electron chi connectivity index (χ2n) is 3.31. The molecular formula is C10H10BrNO2. The highest BCUT2D eigenvalue weighted by Gasteiger charge is 2.29. The number of likely N-dealkylation sites (N-methyl/N-ethyl adjacent to an activating group) is 1. The smallest absolute Gasteiger partial charge is 0.410 e. The Balaban J connectivity index is 2.21. The minimum absolute atomic E-state index is 0.134. The molecular weight excluding hydrogens is 246 g/mol. The molecule has 0 N–H and O–H groups in total. The Morgan fingerprint density at radius 1 is 1.57 bits per heavy atom. The summed E-state index contributed by atoms with van der Waals surface area (Å²) in [5.41, 5.74) is 1.03. The van der Waals surface area contributed by atoms with Crippen LogP contribution in [0.1, 0.15) is 11.7 Å². The van der Waals surface area contributed by atoms with Crippen LogP contribution in [0, 0.1) is 0 Å². The quantitative estimate of drug-likeness (QED) is 0.772. The molecule has 1 saturated heterocycles. The first kappa shape index (κ1) is 9.52. The molecule has 0 radical (unpaired) electrons. The zero-order chi connectivity index (χ0) is 10.1. The summed E-state index contributed by atoms with van der Waals surface area (Å²) < 4.78 is 6.18. The van der Waals surface area contributed by atoms with E-state index in [4.69, 9.17) is 4.74 Å². The Hall–Kier alpha value is -1.03. The van der Waals surface area contributed by atoms with Crippen LogP contribution in [0.4, 0.5) is 4.79 Å². The maximum absolute atomic E-state index is 11.1. The average molecular weight is 256 g/mol. The van der Waals surface area contributed by atoms with E-state index in [-0.39, 0.29) is 12.2 Å². The third kappa shape index (κ3) is 1.75. The molecule has 3 nitrogen and oxygen atoms in total. The van der Waals surface area contributed by atoms with Gasteiger partial charge in [0.15, 0.2) is 0 Å². The number of hydrogen-bond donors (Lipinski definition) is 0. The second kappa shape index (κ2) is 3.61. The highest BCUT2D eigenvalue weighted by Crippen LogP contribution is 2.26. The van der Waals surface area contributed by atoms with Gasteiger partial charge in [-0.1, -0.05) is 28.1 Å². The Bertz CT molecular complexity index is 367. The van der Waals surface area contributed by atoms with Crippen LogP contribution in [0.2, 0.25) is 0 Å². The summed E-state index contributed by atoms with van der Waals surface area (Å²) in [5.74, 6) is 0. The van der Waals surface area contributed by atoms with Crippen molar-refractivity contribution in [2.45, 2.75) is 6.10 Å². The van der Waals surface area contributed by atoms with E-state index in [0.717, 1.165) is 10.0 Å². The van der Waals surface area contributed by atoms with E-state index >= 15 is 0 Å². The van der Waals surface area contributed by atoms with Gasteiger partial charge in [0.25, 0.3) is 0 Å². The maximum Gasteiger partial charge on any atom is 0.410 e. The zero-order valence-electron chi connectivity index (χ0n) is 7.74. The fraction of sp³-hybridized carbons (Fsp3) is 0.300. The number of cyclic esters (lactones) is 1. The Morgan fingerprint density at radius 2 is 2.36 bits per heavy atom. The van der Waals surface area contributed by atoms with Gasteiger partial charge in [-0.25, -0.2) is 4.79 Å². The van der Waals surface area contributed by atoms with Gasteiger partial charge in [0.05, 0.1) is 6.54 Å². The third-order valence-corrected chi connectivity index (χ3v) is 2.71. The summed E-state index contributed by atoms with van der Waals surface area (Å²) in [5, 5.41) is 0. The summed E-state index contributed by atoms with van der Waals surface area (Å²) in [4.78, 5) is 12.7. The van der Waals surface area contributed by atoms with Crippen molar-refractivity contribution < 1.29 is 9.53 Å². The van der Waals surface area contributed by atoms with Gasteiger partial charge in [-0.3, -0.25) is 0 Å². The lowest BCUT2D eigenvalue weighted by atomic mass is 10.1. The number of carbonyl (C=O) groups excluding carboxylic acids is 1. The summed E-state index contributed by atoms with van der Waals surface area (Å²) in [6.45, 7) is 0.620. The molecule has 2 rings (SSSR count). The molecule has 1 atom stereocenters. The molecule has 0 aromatic heterocycles. The SMILES string of the molecule is CN1C[C@H](c2cccc(Br)c2)OC1=O. The lowest BCUT2D eigenvalue weighted by molar-refractivity contribution is 0.135. The standard InChI is InChI=1S/C10H10BrNO2/c1-12-6-9(14-10(12)13)7-3-2-4-8(11)5-7/h2-5,9H,6H2,1H3/t9-/m1/s1. The van der Waals surface area contributed by atoms with Crippen LogP contribution in [-0.2, 0) is 4.74 Å². The molecule has 1 amide bonds. The highest BCUT2D eigenvalue weighted by molar-refractivity contribution is 9.10. The third-order valence-electron chi connectivity index (χ3n) is 2.21. The number of rotatable bonds is 1. The van der Waals surface area contributed by atoms with Crippen LogP contribution in [0.25, 0.3) is 0 Å². The molecule has 0 aliphatic carbocycles. The monoisotopic (exact) mass is 255 g/mol. The Morgan fingerprint density at radius 3 is 2.93 bits per heavy atom. The van der Waals surface area contributed by atoms with Crippen molar-refractivity contribution >= 4 is 22.0 Å². The van der Waals surface area contributed by atoms with E-state index in [1.54, 1.807) is 11.9 Å². The van der Waals surface area contributed by atoms with Gasteiger partial charge in [-0.05, 0) is 17.7 Å². The lowest BCUT2D eigenvalue weighted by Gasteiger charge is -2.08. The van der Waals surface area contributed by atoms with E-state index in [9.17, 15) is 4.79 Å². The first-order chi connectivity index (χ1) is 6.66. The normalized spacial score (nSPS) is 21.1. The van der Waals surface area contributed by atoms with Crippen LogP contribution < -0.4 is 0 Å². The van der Waals surface area contributed by atoms with Gasteiger partial charge in [-0.2, -0.15) is 0 Å². The summed E-state index contributed by atoms with van der Waals surface area (Å²) in [6, 6.07) is 7.81. The summed E-state index contributed by atoms with van der Waals surface area (Å²) in [7, 11) is 1.74. The average Bonchev–Trinajstić information content (AvgIpc) is 2.47. The zero-order valence-corrected chi connectivity index (χ0v) is 9.32. The first-order valence-corrected chi connectivity index (χ1v) is 5.13. The molecule has 1 aromatic carbocycles. The van der Waals surface area contributed by atoms with Gasteiger partial charge in [0.2, 0.25) is 0 Å². The molecule has 4 heteroatoms. The number of amides is 1. The Labute approximate surface area is 90.8 Å². The lowest BCUT2D eigenvalue weighted by Crippen LogP contribution is -2.17. The molecule has 14 heavy (non-hydrogen) atoms. The van der Waals surface area contributed by atoms with Crippen LogP contribution in [-0.4, -0.2) is 24.6 Å². The fourth-order valence-electron chi connectivity index (χ4n) is 1.45. The van der Waals surface area contributed by atoms with E-state index in [2.05, 4.69) is 15.9 Å². The maximum atomic E-state index is 11.1. The van der Waals surface area contributed by atoms with E-state index in [1.807, 2.05) is 24.3 Å². The summed E-state index contributed by atoms with van der Waals surface area (Å²) in [6.07, 6.45) is -0.389. The number of nitrogens with zero attached hydrogens (tertiary/aromatic N) is 1. The molecule has 0 spiro atoms. The molecule has 1 aliphatic heterocycles. The number of carbonyl (C=O) groups is 1. The first-order valence-electron chi connectivity index (χ1n) is 4.34. The van der Waals surface area contributed by atoms with Crippen LogP contribution in [0.5, 0.6) is 0 Å². The summed E-state index contributed by atoms with van der Waals surface area (Å²) >= 11 is 3.39. The predicted octanol–water partition coefficient (Wildman–Crippen LogP) is 2.57. The van der Waals surface area contributed by atoms with E-state index in [0.29, 0.717) is 6.54 Å². The van der Waals surface area contributed by atoms with Crippen LogP contribution in [0.3, 0.4) is 0 Å². The molecule has 0 unspecified atom stereocenters. The Kier molecular flexibility index (Phi) is 2.46. The minimum Gasteiger partial charge on any atom is -0.439 e. The highest BCUT2D eigenvalue weighted by atomic mass is 79.9. The van der Waals surface area contributed by atoms with Gasteiger partial charge in [-0.15, -0.1) is 0 Å². The van der Waals surface area contributed by atoms with Crippen molar-refractivity contribution in [1.82, 2.24) is 4.90 Å². The fourth-order valence-corrected chi connectivity index (χ4v) is 1.87. The largest absolute Gasteiger partial charge is 0.439 e. The molecule has 1 fully saturated rings. The van der Waals surface area contributed by atoms with E-state index < -0.39 is 0 Å². The van der Waals surface area contributed by atoms with Crippen molar-refractivity contribution in [3.8, 4) is 0 Å². The van der Waals surface area contributed by atoms with Crippen molar-refractivity contribution in [2.75, 3.05) is 13.6 Å². The van der Waals surface area contributed by atoms with Crippen molar-refractivity contribution in [2.24, 2.45) is 0 Å². The molecule has 1 aliphatic rings. The van der Waals surface area contributed by atoms with Gasteiger partial charge >= 0.3 is 6.09 Å². The van der Waals surface area contributed by atoms with Gasteiger partial charge in [0, 0.05) is 11.5 Å². The molecule has 74 valence electrons. The number of ether oxygens (including phenoxy) is 1. The topological polar surface area (TPSA) is 29.5 Å². The minimum atomic E-state index is -0.255. The van der Waals surface area contributed by atoms with E-state index in [1.165, 1.54) is 0 Å². The molecule has 1 heterocycles. The van der Waals surface area contributed by atoms with Crippen molar-refractivity contribution in [1.29, 1.82) is 0 Å². The molecule has 0 bridgehead atoms. The number of benzene rings is 1. The van der Waals surface area contributed by atoms with Crippen LogP contribution >= 0.6 is 15.9 Å². The van der Waals surface area contributed by atoms with Crippen molar-refractivity contribution in [3.63, 3.8) is 0 Å². The second-order valence-corrected chi connectivity index (χ2v) is 4.22. The molecule has 1 aromatic rings.